The van der Waals surface area contributed by atoms with Gasteiger partial charge < -0.3 is 14.2 Å². The Morgan fingerprint density at radius 3 is 0.833 bits per heavy atom. The molecule has 0 amide bonds. The predicted octanol–water partition coefficient (Wildman–Crippen LogP) is 13.2. The molecule has 0 radical (unpaired) electrons. The van der Waals surface area contributed by atoms with Gasteiger partial charge in [-0.3, -0.25) is 0 Å². The highest BCUT2D eigenvalue weighted by atomic mass is 127. The molecule has 1 aromatic carbocycles. The van der Waals surface area contributed by atoms with E-state index in [0.29, 0.717) is 17.8 Å². The van der Waals surface area contributed by atoms with Gasteiger partial charge in [0.2, 0.25) is 0 Å². The Kier molecular flexibility index (Phi) is 22.5. The smallest absolute Gasteiger partial charge is 0.153 e. The van der Waals surface area contributed by atoms with Crippen LogP contribution in [0.1, 0.15) is 139 Å². The molecule has 0 spiro atoms. The fourth-order valence-electron chi connectivity index (χ4n) is 5.12. The summed E-state index contributed by atoms with van der Waals surface area (Å²) in [6, 6.07) is 0. The van der Waals surface area contributed by atoms with Gasteiger partial charge in [0, 0.05) is 0 Å². The van der Waals surface area contributed by atoms with Crippen molar-refractivity contribution in [1.82, 2.24) is 0 Å². The molecule has 0 aliphatic rings. The van der Waals surface area contributed by atoms with Crippen LogP contribution in [0.15, 0.2) is 0 Å². The Labute approximate surface area is 302 Å². The Morgan fingerprint density at radius 2 is 0.619 bits per heavy atom. The number of benzene rings is 1. The molecule has 0 bridgehead atoms. The molecule has 0 aliphatic heterocycles. The normalized spacial score (nSPS) is 14.1. The first-order valence-electron chi connectivity index (χ1n) is 16.9. The summed E-state index contributed by atoms with van der Waals surface area (Å²) in [6.07, 6.45) is 14.9. The summed E-state index contributed by atoms with van der Waals surface area (Å²) in [5.74, 6) is 7.17. The second kappa shape index (κ2) is 23.2. The van der Waals surface area contributed by atoms with Crippen LogP contribution < -0.4 is 14.2 Å². The van der Waals surface area contributed by atoms with E-state index in [-0.39, 0.29) is 0 Å². The SMILES string of the molecule is CC(C)CCC[C@H](C)CCOc1c(I)c(OCC[C@@H](C)CCCC(C)C)c(I)c(OCC[C@@H](C)CCCC(C)C)c1I. The van der Waals surface area contributed by atoms with E-state index in [0.717, 1.165) is 84.8 Å². The molecule has 0 unspecified atom stereocenters. The van der Waals surface area contributed by atoms with Gasteiger partial charge in [0.05, 0.1) is 30.5 Å². The van der Waals surface area contributed by atoms with Crippen molar-refractivity contribution < 1.29 is 14.2 Å². The number of ether oxygens (including phenoxy) is 3. The predicted molar refractivity (Wildman–Crippen MR) is 208 cm³/mol. The van der Waals surface area contributed by atoms with E-state index in [9.17, 15) is 0 Å². The van der Waals surface area contributed by atoms with E-state index in [2.05, 4.69) is 130 Å². The molecule has 0 aromatic heterocycles. The van der Waals surface area contributed by atoms with Crippen molar-refractivity contribution in [2.24, 2.45) is 35.5 Å². The van der Waals surface area contributed by atoms with Crippen LogP contribution in [-0.2, 0) is 0 Å². The van der Waals surface area contributed by atoms with Crippen molar-refractivity contribution in [2.45, 2.75) is 139 Å². The van der Waals surface area contributed by atoms with Crippen molar-refractivity contribution in [3.63, 3.8) is 0 Å². The Morgan fingerprint density at radius 1 is 0.381 bits per heavy atom. The molecule has 0 heterocycles. The molecular weight excluding hydrogens is 861 g/mol. The molecular formula is C36H63I3O3. The lowest BCUT2D eigenvalue weighted by molar-refractivity contribution is 0.245. The Hall–Kier alpha value is 0.810. The lowest BCUT2D eigenvalue weighted by Gasteiger charge is -2.22. The topological polar surface area (TPSA) is 27.7 Å². The maximum Gasteiger partial charge on any atom is 0.153 e. The summed E-state index contributed by atoms with van der Waals surface area (Å²) < 4.78 is 22.8. The van der Waals surface area contributed by atoms with Crippen LogP contribution in [0.3, 0.4) is 0 Å². The summed E-state index contributed by atoms with van der Waals surface area (Å²) in [6.45, 7) is 23.2. The first-order chi connectivity index (χ1) is 19.8. The van der Waals surface area contributed by atoms with Crippen molar-refractivity contribution in [1.29, 1.82) is 0 Å². The van der Waals surface area contributed by atoms with E-state index in [4.69, 9.17) is 14.2 Å². The van der Waals surface area contributed by atoms with Crippen molar-refractivity contribution >= 4 is 67.8 Å². The summed E-state index contributed by atoms with van der Waals surface area (Å²) in [7, 11) is 0. The number of hydrogen-bond donors (Lipinski definition) is 0. The van der Waals surface area contributed by atoms with Crippen molar-refractivity contribution in [3.8, 4) is 17.2 Å². The number of hydrogen-bond acceptors (Lipinski definition) is 3. The van der Waals surface area contributed by atoms with Gasteiger partial charge in [-0.25, -0.2) is 0 Å². The maximum absolute atomic E-state index is 6.53. The highest BCUT2D eigenvalue weighted by Gasteiger charge is 2.24. The molecule has 0 N–H and O–H groups in total. The first-order valence-corrected chi connectivity index (χ1v) is 20.2. The van der Waals surface area contributed by atoms with Crippen LogP contribution in [0, 0.1) is 46.2 Å². The second-order valence-electron chi connectivity index (χ2n) is 14.1. The fraction of sp³-hybridized carbons (Fsp3) is 0.833. The minimum absolute atomic E-state index is 0.670. The molecule has 3 nitrogen and oxygen atoms in total. The molecule has 0 aliphatic carbocycles. The Bertz CT molecular complexity index is 725. The van der Waals surface area contributed by atoms with Gasteiger partial charge in [-0.15, -0.1) is 0 Å². The lowest BCUT2D eigenvalue weighted by atomic mass is 9.98. The standard InChI is InChI=1S/C36H63I3O3/c1-25(2)13-10-16-28(7)19-22-40-34-31(37)35(41-23-20-29(8)17-11-14-26(3)4)33(39)36(32(34)38)42-24-21-30(9)18-12-15-27(5)6/h25-30H,10-24H2,1-9H3/t28-,29-,30-/m0/s1. The minimum atomic E-state index is 0.670. The zero-order valence-corrected chi connectivity index (χ0v) is 34.9. The summed E-state index contributed by atoms with van der Waals surface area (Å²) in [4.78, 5) is 0. The van der Waals surface area contributed by atoms with Gasteiger partial charge in [0.25, 0.3) is 0 Å². The van der Waals surface area contributed by atoms with E-state index in [1.165, 1.54) is 57.8 Å². The highest BCUT2D eigenvalue weighted by Crippen LogP contribution is 2.46. The third kappa shape index (κ3) is 17.5. The highest BCUT2D eigenvalue weighted by molar-refractivity contribution is 14.1. The largest absolute Gasteiger partial charge is 0.491 e. The van der Waals surface area contributed by atoms with Crippen LogP contribution in [-0.4, -0.2) is 19.8 Å². The molecule has 0 fully saturated rings. The van der Waals surface area contributed by atoms with Gasteiger partial charge in [-0.1, -0.05) is 120 Å². The summed E-state index contributed by atoms with van der Waals surface area (Å²) in [5, 5.41) is 0. The molecule has 3 atom stereocenters. The molecule has 0 saturated carbocycles. The van der Waals surface area contributed by atoms with Gasteiger partial charge in [0.15, 0.2) is 17.2 Å². The number of rotatable bonds is 24. The quantitative estimate of drug-likeness (QED) is 0.0967. The van der Waals surface area contributed by atoms with E-state index in [1.54, 1.807) is 0 Å². The third-order valence-electron chi connectivity index (χ3n) is 8.20. The van der Waals surface area contributed by atoms with Gasteiger partial charge in [-0.2, -0.15) is 0 Å². The van der Waals surface area contributed by atoms with E-state index < -0.39 is 0 Å². The van der Waals surface area contributed by atoms with Crippen LogP contribution in [0.25, 0.3) is 0 Å². The third-order valence-corrected chi connectivity index (χ3v) is 11.1. The van der Waals surface area contributed by atoms with Gasteiger partial charge >= 0.3 is 0 Å². The summed E-state index contributed by atoms with van der Waals surface area (Å²) in [5.41, 5.74) is 0. The fourth-order valence-corrected chi connectivity index (χ4v) is 9.22. The molecule has 6 heteroatoms. The molecule has 42 heavy (non-hydrogen) atoms. The molecule has 1 rings (SSSR count). The van der Waals surface area contributed by atoms with Crippen LogP contribution in [0.4, 0.5) is 0 Å². The van der Waals surface area contributed by atoms with Gasteiger partial charge in [0.1, 0.15) is 0 Å². The first kappa shape index (κ1) is 40.8. The monoisotopic (exact) mass is 924 g/mol. The van der Waals surface area contributed by atoms with Gasteiger partial charge in [-0.05, 0) is 123 Å². The molecule has 0 saturated heterocycles. The van der Waals surface area contributed by atoms with E-state index >= 15 is 0 Å². The van der Waals surface area contributed by atoms with Crippen molar-refractivity contribution in [3.05, 3.63) is 10.7 Å². The second-order valence-corrected chi connectivity index (χ2v) is 17.4. The number of halogens is 3. The zero-order valence-electron chi connectivity index (χ0n) is 28.4. The average Bonchev–Trinajstić information content (AvgIpc) is 2.89. The van der Waals surface area contributed by atoms with E-state index in [1.807, 2.05) is 0 Å². The van der Waals surface area contributed by atoms with Crippen molar-refractivity contribution in [2.75, 3.05) is 19.8 Å². The zero-order chi connectivity index (χ0) is 31.7. The van der Waals surface area contributed by atoms with Crippen LogP contribution >= 0.6 is 67.8 Å². The molecule has 1 aromatic rings. The van der Waals surface area contributed by atoms with Crippen LogP contribution in [0.5, 0.6) is 17.2 Å². The summed E-state index contributed by atoms with van der Waals surface area (Å²) >= 11 is 7.31. The lowest BCUT2D eigenvalue weighted by Crippen LogP contribution is -2.12. The maximum atomic E-state index is 6.53. The Balaban J connectivity index is 2.94. The average molecular weight is 925 g/mol. The minimum Gasteiger partial charge on any atom is -0.491 e. The molecule has 246 valence electrons. The van der Waals surface area contributed by atoms with Crippen LogP contribution in [0.2, 0.25) is 0 Å².